The number of halogens is 2. The number of aromatic hydroxyl groups is 1. The largest absolute Gasteiger partial charge is 0.507 e. The van der Waals surface area contributed by atoms with Gasteiger partial charge in [-0.25, -0.2) is 5.43 Å². The number of nitrogens with zero attached hydrogens (tertiary/aromatic N) is 1. The van der Waals surface area contributed by atoms with E-state index < -0.39 is 0 Å². The van der Waals surface area contributed by atoms with Crippen LogP contribution in [0.25, 0.3) is 0 Å². The highest BCUT2D eigenvalue weighted by atomic mass is 79.9. The molecule has 2 N–H and O–H groups in total. The molecule has 1 amide bonds. The first-order valence-corrected chi connectivity index (χ1v) is 7.20. The van der Waals surface area contributed by atoms with Crippen LogP contribution in [0.2, 0.25) is 5.02 Å². The summed E-state index contributed by atoms with van der Waals surface area (Å²) in [5, 5.41) is 13.9. The zero-order chi connectivity index (χ0) is 14.5. The molecule has 1 aromatic rings. The van der Waals surface area contributed by atoms with Crippen molar-refractivity contribution in [2.45, 2.75) is 11.2 Å². The smallest absolute Gasteiger partial charge is 0.271 e. The molecular weight excluding hydrogens is 344 g/mol. The van der Waals surface area contributed by atoms with Crippen LogP contribution < -0.4 is 5.43 Å². The molecule has 1 aliphatic rings. The first-order valence-electron chi connectivity index (χ1n) is 5.90. The molecule has 1 unspecified atom stereocenters. The lowest BCUT2D eigenvalue weighted by atomic mass is 10.1. The fourth-order valence-corrected chi connectivity index (χ4v) is 2.14. The number of carbonyl (C=O) groups is 1. The van der Waals surface area contributed by atoms with Crippen molar-refractivity contribution in [2.75, 3.05) is 0 Å². The number of carbonyl (C=O) groups excluding carboxylic acids is 1. The molecule has 0 spiro atoms. The van der Waals surface area contributed by atoms with Gasteiger partial charge in [0.05, 0.1) is 6.21 Å². The van der Waals surface area contributed by atoms with E-state index in [0.29, 0.717) is 16.2 Å². The third kappa shape index (κ3) is 3.95. The van der Waals surface area contributed by atoms with Crippen molar-refractivity contribution in [3.05, 3.63) is 52.6 Å². The predicted octanol–water partition coefficient (Wildman–Crippen LogP) is 3.15. The summed E-state index contributed by atoms with van der Waals surface area (Å²) >= 11 is 9.24. The lowest BCUT2D eigenvalue weighted by Gasteiger charge is -2.08. The van der Waals surface area contributed by atoms with E-state index in [9.17, 15) is 9.90 Å². The predicted molar refractivity (Wildman–Crippen MR) is 83.4 cm³/mol. The Kier molecular flexibility index (Phi) is 4.98. The van der Waals surface area contributed by atoms with Crippen LogP contribution in [-0.4, -0.2) is 22.1 Å². The molecule has 6 heteroatoms. The Morgan fingerprint density at radius 2 is 2.35 bits per heavy atom. The number of phenols is 1. The third-order valence-electron chi connectivity index (χ3n) is 2.67. The standard InChI is InChI=1S/C14H12BrClN2O2/c15-11-3-1-9(2-4-11)14(20)18-17-8-10-7-12(16)5-6-13(10)19/h1-3,5-8,11,19H,4H2,(H,18,20)/b17-8+. The topological polar surface area (TPSA) is 61.7 Å². The zero-order valence-corrected chi connectivity index (χ0v) is 12.7. The molecule has 104 valence electrons. The zero-order valence-electron chi connectivity index (χ0n) is 10.4. The number of nitrogens with one attached hydrogen (secondary N) is 1. The van der Waals surface area contributed by atoms with Gasteiger partial charge in [0.1, 0.15) is 5.75 Å². The second kappa shape index (κ2) is 6.72. The van der Waals surface area contributed by atoms with E-state index in [-0.39, 0.29) is 16.5 Å². The van der Waals surface area contributed by atoms with Crippen LogP contribution in [0.5, 0.6) is 5.75 Å². The first kappa shape index (κ1) is 14.8. The lowest BCUT2D eigenvalue weighted by Crippen LogP contribution is -2.20. The lowest BCUT2D eigenvalue weighted by molar-refractivity contribution is -0.117. The van der Waals surface area contributed by atoms with Gasteiger partial charge in [0, 0.05) is 21.0 Å². The van der Waals surface area contributed by atoms with E-state index in [1.807, 2.05) is 12.2 Å². The molecule has 2 rings (SSSR count). The molecule has 0 saturated carbocycles. The van der Waals surface area contributed by atoms with Gasteiger partial charge in [0.15, 0.2) is 0 Å². The van der Waals surface area contributed by atoms with E-state index >= 15 is 0 Å². The van der Waals surface area contributed by atoms with E-state index in [1.54, 1.807) is 18.2 Å². The highest BCUT2D eigenvalue weighted by Crippen LogP contribution is 2.19. The van der Waals surface area contributed by atoms with Crippen molar-refractivity contribution in [1.29, 1.82) is 0 Å². The second-order valence-corrected chi connectivity index (χ2v) is 5.79. The normalized spacial score (nSPS) is 18.1. The minimum atomic E-state index is -0.293. The summed E-state index contributed by atoms with van der Waals surface area (Å²) in [7, 11) is 0. The van der Waals surface area contributed by atoms with Gasteiger partial charge in [-0.2, -0.15) is 5.10 Å². The first-order chi connectivity index (χ1) is 9.56. The minimum absolute atomic E-state index is 0.0475. The van der Waals surface area contributed by atoms with Gasteiger partial charge in [-0.1, -0.05) is 45.8 Å². The number of rotatable bonds is 3. The van der Waals surface area contributed by atoms with Crippen molar-refractivity contribution in [3.8, 4) is 5.75 Å². The summed E-state index contributed by atoms with van der Waals surface area (Å²) < 4.78 is 0. The Morgan fingerprint density at radius 3 is 3.05 bits per heavy atom. The van der Waals surface area contributed by atoms with Crippen LogP contribution in [0.15, 0.2) is 47.1 Å². The number of hydrogen-bond acceptors (Lipinski definition) is 3. The Bertz CT molecular complexity index is 611. The van der Waals surface area contributed by atoms with Gasteiger partial charge >= 0.3 is 0 Å². The molecule has 0 radical (unpaired) electrons. The van der Waals surface area contributed by atoms with E-state index in [2.05, 4.69) is 26.5 Å². The number of hydrazone groups is 1. The minimum Gasteiger partial charge on any atom is -0.507 e. The molecule has 1 atom stereocenters. The van der Waals surface area contributed by atoms with E-state index in [1.165, 1.54) is 12.3 Å². The van der Waals surface area contributed by atoms with Crippen LogP contribution in [0.1, 0.15) is 12.0 Å². The maximum atomic E-state index is 11.8. The molecular formula is C14H12BrClN2O2. The van der Waals surface area contributed by atoms with Gasteiger partial charge in [0.25, 0.3) is 5.91 Å². The second-order valence-electron chi connectivity index (χ2n) is 4.17. The molecule has 0 saturated heterocycles. The van der Waals surface area contributed by atoms with Crippen LogP contribution in [0.3, 0.4) is 0 Å². The number of amides is 1. The highest BCUT2D eigenvalue weighted by Gasteiger charge is 2.10. The Hall–Kier alpha value is -1.59. The van der Waals surface area contributed by atoms with E-state index in [0.717, 1.165) is 6.42 Å². The average Bonchev–Trinajstić information content (AvgIpc) is 2.43. The van der Waals surface area contributed by atoms with E-state index in [4.69, 9.17) is 11.6 Å². The highest BCUT2D eigenvalue weighted by molar-refractivity contribution is 9.09. The monoisotopic (exact) mass is 354 g/mol. The summed E-state index contributed by atoms with van der Waals surface area (Å²) in [6.45, 7) is 0. The maximum absolute atomic E-state index is 11.8. The van der Waals surface area contributed by atoms with Crippen LogP contribution in [-0.2, 0) is 4.79 Å². The van der Waals surface area contributed by atoms with Crippen LogP contribution in [0.4, 0.5) is 0 Å². The van der Waals surface area contributed by atoms with Gasteiger partial charge in [-0.3, -0.25) is 4.79 Å². The summed E-state index contributed by atoms with van der Waals surface area (Å²) in [6, 6.07) is 4.59. The fraction of sp³-hybridized carbons (Fsp3) is 0.143. The molecule has 1 aromatic carbocycles. The summed E-state index contributed by atoms with van der Waals surface area (Å²) in [5.74, 6) is -0.246. The van der Waals surface area contributed by atoms with Crippen molar-refractivity contribution in [1.82, 2.24) is 5.43 Å². The van der Waals surface area contributed by atoms with Crippen molar-refractivity contribution >= 4 is 39.7 Å². The molecule has 4 nitrogen and oxygen atoms in total. The number of alkyl halides is 1. The van der Waals surface area contributed by atoms with Gasteiger partial charge in [0.2, 0.25) is 0 Å². The molecule has 0 bridgehead atoms. The molecule has 0 fully saturated rings. The Morgan fingerprint density at radius 1 is 1.55 bits per heavy atom. The van der Waals surface area contributed by atoms with Crippen molar-refractivity contribution in [2.24, 2.45) is 5.10 Å². The quantitative estimate of drug-likeness (QED) is 0.497. The molecule has 0 aromatic heterocycles. The number of phenolic OH excluding ortho intramolecular Hbond substituents is 1. The molecule has 1 aliphatic carbocycles. The third-order valence-corrected chi connectivity index (χ3v) is 3.58. The number of hydrogen-bond donors (Lipinski definition) is 2. The summed E-state index contributed by atoms with van der Waals surface area (Å²) in [4.78, 5) is 12.1. The molecule has 0 aliphatic heterocycles. The Labute approximate surface area is 130 Å². The number of allylic oxidation sites excluding steroid dienone is 2. The van der Waals surface area contributed by atoms with Gasteiger partial charge in [-0.05, 0) is 24.6 Å². The average molecular weight is 356 g/mol. The maximum Gasteiger partial charge on any atom is 0.271 e. The van der Waals surface area contributed by atoms with Crippen molar-refractivity contribution in [3.63, 3.8) is 0 Å². The van der Waals surface area contributed by atoms with Gasteiger partial charge < -0.3 is 5.11 Å². The van der Waals surface area contributed by atoms with Crippen molar-refractivity contribution < 1.29 is 9.90 Å². The fourth-order valence-electron chi connectivity index (χ4n) is 1.62. The summed E-state index contributed by atoms with van der Waals surface area (Å²) in [5.41, 5.74) is 3.40. The Balaban J connectivity index is 1.98. The van der Waals surface area contributed by atoms with Gasteiger partial charge in [-0.15, -0.1) is 0 Å². The van der Waals surface area contributed by atoms with Crippen LogP contribution in [0, 0.1) is 0 Å². The van der Waals surface area contributed by atoms with Crippen LogP contribution >= 0.6 is 27.5 Å². The summed E-state index contributed by atoms with van der Waals surface area (Å²) in [6.07, 6.45) is 7.59. The molecule has 20 heavy (non-hydrogen) atoms. The SMILES string of the molecule is O=C(N/N=C/c1cc(Cl)ccc1O)C1=CCC(Br)C=C1. The number of benzene rings is 1. The molecule has 0 heterocycles.